The molecule has 1 fully saturated rings. The smallest absolute Gasteiger partial charge is 0.412 e. The maximum absolute atomic E-state index is 12.5. The number of benzene rings is 1. The number of ether oxygens (including phenoxy) is 1. The fourth-order valence-corrected chi connectivity index (χ4v) is 6.65. The van der Waals surface area contributed by atoms with Crippen molar-refractivity contribution in [2.24, 2.45) is 0 Å². The summed E-state index contributed by atoms with van der Waals surface area (Å²) in [5, 5.41) is 12.8. The number of nitrogens with one attached hydrogen (secondary N) is 2. The average Bonchev–Trinajstić information content (AvgIpc) is 3.25. The largest absolute Gasteiger partial charge is 0.481 e. The maximum Gasteiger partial charge on any atom is 0.412 e. The van der Waals surface area contributed by atoms with Crippen LogP contribution in [0.5, 0.6) is 0 Å². The van der Waals surface area contributed by atoms with Gasteiger partial charge in [-0.15, -0.1) is 28.2 Å². The average molecular weight is 529 g/mol. The van der Waals surface area contributed by atoms with Crippen molar-refractivity contribution in [2.45, 2.75) is 44.2 Å². The Morgan fingerprint density at radius 3 is 2.71 bits per heavy atom. The van der Waals surface area contributed by atoms with E-state index in [0.717, 1.165) is 19.2 Å². The van der Waals surface area contributed by atoms with Crippen LogP contribution in [0.4, 0.5) is 4.79 Å². The molecule has 1 aliphatic heterocycles. The Morgan fingerprint density at radius 1 is 1.29 bits per heavy atom. The van der Waals surface area contributed by atoms with E-state index >= 15 is 0 Å². The van der Waals surface area contributed by atoms with Gasteiger partial charge in [0.15, 0.2) is 0 Å². The molecular formula is C25H21ClN2O5S2. The van der Waals surface area contributed by atoms with Crippen LogP contribution in [0.25, 0.3) is 9.40 Å². The summed E-state index contributed by atoms with van der Waals surface area (Å²) in [4.78, 5) is 31.3. The number of allylic oxidation sites excluding steroid dienone is 1. The van der Waals surface area contributed by atoms with E-state index in [2.05, 4.69) is 22.6 Å². The Morgan fingerprint density at radius 2 is 2.03 bits per heavy atom. The van der Waals surface area contributed by atoms with E-state index in [9.17, 15) is 14.7 Å². The van der Waals surface area contributed by atoms with Crippen molar-refractivity contribution in [1.29, 1.82) is 0 Å². The van der Waals surface area contributed by atoms with Crippen LogP contribution in [0, 0.1) is 11.8 Å². The number of carbonyl (C=O) groups is 2. The minimum atomic E-state index is -0.749. The number of hydroxylamine groups is 1. The highest BCUT2D eigenvalue weighted by Gasteiger charge is 2.53. The van der Waals surface area contributed by atoms with E-state index < -0.39 is 29.6 Å². The monoisotopic (exact) mass is 528 g/mol. The third-order valence-electron chi connectivity index (χ3n) is 6.04. The van der Waals surface area contributed by atoms with Gasteiger partial charge in [-0.05, 0) is 44.9 Å². The third kappa shape index (κ3) is 4.62. The molecule has 180 valence electrons. The fourth-order valence-electron chi connectivity index (χ4n) is 3.86. The van der Waals surface area contributed by atoms with Gasteiger partial charge in [0, 0.05) is 24.9 Å². The number of aliphatic carboxylic acids is 1. The number of fused-ring (bicyclic) bond motifs is 1. The molecule has 0 bridgehead atoms. The van der Waals surface area contributed by atoms with E-state index in [1.54, 1.807) is 26.0 Å². The van der Waals surface area contributed by atoms with Gasteiger partial charge in [-0.25, -0.2) is 4.79 Å². The minimum Gasteiger partial charge on any atom is -0.481 e. The van der Waals surface area contributed by atoms with Gasteiger partial charge in [-0.3, -0.25) is 10.1 Å². The van der Waals surface area contributed by atoms with E-state index in [4.69, 9.17) is 21.2 Å². The fraction of sp³-hybridized carbons (Fsp3) is 0.280. The molecule has 10 heteroatoms. The molecule has 3 aromatic rings. The summed E-state index contributed by atoms with van der Waals surface area (Å²) in [6.07, 6.45) is 0.209. The molecule has 0 radical (unpaired) electrons. The Hall–Kier alpha value is -3.03. The predicted octanol–water partition coefficient (Wildman–Crippen LogP) is 5.71. The highest BCUT2D eigenvalue weighted by molar-refractivity contribution is 7.28. The van der Waals surface area contributed by atoms with Gasteiger partial charge >= 0.3 is 12.1 Å². The molecule has 2 atom stereocenters. The number of carboxylic acid groups (broad SMARTS) is 1. The zero-order valence-electron chi connectivity index (χ0n) is 18.8. The Bertz CT molecular complexity index is 1390. The van der Waals surface area contributed by atoms with Crippen LogP contribution in [-0.4, -0.2) is 23.2 Å². The lowest BCUT2D eigenvalue weighted by atomic mass is 10.1. The van der Waals surface area contributed by atoms with Crippen LogP contribution in [0.1, 0.15) is 48.1 Å². The topological polar surface area (TPSA) is 96.9 Å². The van der Waals surface area contributed by atoms with E-state index in [1.807, 2.05) is 24.3 Å². The summed E-state index contributed by atoms with van der Waals surface area (Å²) in [6, 6.07) is 10.6. The summed E-state index contributed by atoms with van der Waals surface area (Å²) >= 11 is 9.23. The minimum absolute atomic E-state index is 0.478. The van der Waals surface area contributed by atoms with E-state index in [-0.39, 0.29) is 0 Å². The molecule has 1 aliphatic carbocycles. The van der Waals surface area contributed by atoms with Gasteiger partial charge in [0.25, 0.3) is 0 Å². The van der Waals surface area contributed by atoms with Crippen molar-refractivity contribution in [2.75, 3.05) is 0 Å². The van der Waals surface area contributed by atoms with Crippen LogP contribution < -0.4 is 10.8 Å². The number of halogens is 1. The van der Waals surface area contributed by atoms with Crippen molar-refractivity contribution in [3.63, 3.8) is 0 Å². The number of hydrogen-bond donors (Lipinski definition) is 3. The first-order chi connectivity index (χ1) is 16.8. The Labute approximate surface area is 214 Å². The second-order valence-corrected chi connectivity index (χ2v) is 11.0. The number of amides is 1. The lowest BCUT2D eigenvalue weighted by Crippen LogP contribution is -2.33. The van der Waals surface area contributed by atoms with Crippen molar-refractivity contribution < 1.29 is 24.3 Å². The van der Waals surface area contributed by atoms with Crippen molar-refractivity contribution in [1.82, 2.24) is 10.8 Å². The first-order valence-corrected chi connectivity index (χ1v) is 12.9. The first kappa shape index (κ1) is 23.7. The molecule has 3 N–H and O–H groups in total. The summed E-state index contributed by atoms with van der Waals surface area (Å²) in [7, 11) is 0. The second kappa shape index (κ2) is 9.21. The molecule has 35 heavy (non-hydrogen) atoms. The number of rotatable bonds is 5. The van der Waals surface area contributed by atoms with Crippen molar-refractivity contribution in [3.8, 4) is 11.8 Å². The highest BCUT2D eigenvalue weighted by Crippen LogP contribution is 2.52. The summed E-state index contributed by atoms with van der Waals surface area (Å²) in [5.41, 5.74) is 3.30. The zero-order valence-corrected chi connectivity index (χ0v) is 21.2. The molecule has 3 heterocycles. The lowest BCUT2D eigenvalue weighted by Gasteiger charge is -2.16. The van der Waals surface area contributed by atoms with Crippen LogP contribution in [0.3, 0.4) is 0 Å². The zero-order chi connectivity index (χ0) is 24.7. The standard InChI is InChI=1S/C25H21ClN2O5S2/c1-13(16-5-3-4-6-17(16)26)32-24(31)27-22-14(2)33-28-18(22)8-7-15-11-19-20(34-15)12-21(35-19)25(9-10-25)23(29)30/h3-6,11-13,18,28H,9-10H2,1-2H3,(H,27,31)(H,29,30). The van der Waals surface area contributed by atoms with Crippen LogP contribution in [0.2, 0.25) is 5.02 Å². The molecule has 0 spiro atoms. The summed E-state index contributed by atoms with van der Waals surface area (Å²) in [6.45, 7) is 3.47. The van der Waals surface area contributed by atoms with Gasteiger partial charge in [0.1, 0.15) is 23.3 Å². The SMILES string of the molecule is CC1=C(NC(=O)OC(C)c2ccccc2Cl)C(C#Cc2cc3sc(C4(C(=O)O)CC4)cc3s2)NO1. The van der Waals surface area contributed by atoms with Gasteiger partial charge in [0.05, 0.1) is 10.6 Å². The molecule has 1 saturated carbocycles. The van der Waals surface area contributed by atoms with Crippen LogP contribution in [-0.2, 0) is 19.8 Å². The normalized spacial score (nSPS) is 19.0. The number of hydrogen-bond acceptors (Lipinski definition) is 7. The summed E-state index contributed by atoms with van der Waals surface area (Å²) in [5.74, 6) is 5.96. The Balaban J connectivity index is 1.26. The summed E-state index contributed by atoms with van der Waals surface area (Å²) < 4.78 is 7.55. The number of carboxylic acids is 1. The van der Waals surface area contributed by atoms with Crippen molar-refractivity contribution >= 4 is 55.7 Å². The Kier molecular flexibility index (Phi) is 6.23. The maximum atomic E-state index is 12.5. The van der Waals surface area contributed by atoms with Gasteiger partial charge in [-0.2, -0.15) is 0 Å². The molecule has 2 aromatic heterocycles. The lowest BCUT2D eigenvalue weighted by molar-refractivity contribution is -0.139. The molecule has 1 amide bonds. The number of carbonyl (C=O) groups excluding carboxylic acids is 1. The second-order valence-electron chi connectivity index (χ2n) is 8.42. The molecule has 1 aromatic carbocycles. The number of alkyl carbamates (subject to hydrolysis) is 1. The number of thiophene rings is 2. The van der Waals surface area contributed by atoms with E-state index in [1.165, 1.54) is 22.7 Å². The van der Waals surface area contributed by atoms with Crippen LogP contribution in [0.15, 0.2) is 47.9 Å². The molecule has 0 saturated heterocycles. The van der Waals surface area contributed by atoms with Crippen LogP contribution >= 0.6 is 34.3 Å². The van der Waals surface area contributed by atoms with Gasteiger partial charge in [-0.1, -0.05) is 41.6 Å². The van der Waals surface area contributed by atoms with E-state index in [0.29, 0.717) is 34.9 Å². The molecule has 2 unspecified atom stereocenters. The highest BCUT2D eigenvalue weighted by atomic mass is 35.5. The van der Waals surface area contributed by atoms with Crippen molar-refractivity contribution in [3.05, 3.63) is 68.2 Å². The van der Waals surface area contributed by atoms with Gasteiger partial charge in [0.2, 0.25) is 0 Å². The molecule has 7 nitrogen and oxygen atoms in total. The molecule has 2 aliphatic rings. The van der Waals surface area contributed by atoms with Gasteiger partial charge < -0.3 is 14.7 Å². The quantitative estimate of drug-likeness (QED) is 0.367. The first-order valence-electron chi connectivity index (χ1n) is 10.9. The predicted molar refractivity (Wildman–Crippen MR) is 135 cm³/mol. The molecule has 5 rings (SSSR count). The molecular weight excluding hydrogens is 508 g/mol. The third-order valence-corrected chi connectivity index (χ3v) is 8.80.